The number of hydrogen-bond acceptors (Lipinski definition) is 10. The standard InChI is InChI=1S/C31H35F3N4O7S/c1-2-46(41,42)25-9-3-19(4-10-25)27(16-39)28-26(29(35)40)14-36-30(37-28)38-15-24(13-21(38)17-44-23-11-12-43-18-23)45-22-7-5-20(6-8-22)31(32,33)34/h3-10,14,21,23-24,27,39H,2,11-13,15-18H2,1H3,(H2,35,40)/t21-,23-,24+,27+/m0/s1. The van der Waals surface area contributed by atoms with Crippen LogP contribution in [0.1, 0.15) is 52.9 Å². The lowest BCUT2D eigenvalue weighted by atomic mass is 9.93. The molecule has 0 radical (unpaired) electrons. The molecule has 4 atom stereocenters. The highest BCUT2D eigenvalue weighted by Gasteiger charge is 2.37. The Morgan fingerprint density at radius 2 is 1.87 bits per heavy atom. The number of halogens is 3. The summed E-state index contributed by atoms with van der Waals surface area (Å²) in [5, 5.41) is 10.4. The van der Waals surface area contributed by atoms with E-state index in [1.807, 2.05) is 4.90 Å². The first-order chi connectivity index (χ1) is 21.9. The first-order valence-electron chi connectivity index (χ1n) is 14.8. The summed E-state index contributed by atoms with van der Waals surface area (Å²) in [6.45, 7) is 2.63. The van der Waals surface area contributed by atoms with E-state index in [0.29, 0.717) is 25.2 Å². The molecule has 3 heterocycles. The molecule has 0 saturated carbocycles. The van der Waals surface area contributed by atoms with E-state index >= 15 is 0 Å². The number of aliphatic hydroxyl groups is 1. The number of ether oxygens (including phenoxy) is 3. The van der Waals surface area contributed by atoms with Crippen molar-refractivity contribution in [3.05, 3.63) is 77.1 Å². The van der Waals surface area contributed by atoms with Crippen LogP contribution in [0.3, 0.4) is 0 Å². The molecule has 1 aromatic heterocycles. The van der Waals surface area contributed by atoms with Gasteiger partial charge >= 0.3 is 6.18 Å². The number of amides is 1. The third-order valence-corrected chi connectivity index (χ3v) is 9.89. The Balaban J connectivity index is 1.44. The average molecular weight is 665 g/mol. The van der Waals surface area contributed by atoms with Crippen molar-refractivity contribution in [1.29, 1.82) is 0 Å². The normalized spacial score (nSPS) is 21.0. The number of rotatable bonds is 12. The molecule has 0 bridgehead atoms. The second-order valence-electron chi connectivity index (χ2n) is 11.2. The number of hydrogen-bond donors (Lipinski definition) is 2. The number of benzene rings is 2. The number of carbonyl (C=O) groups excluding carboxylic acids is 1. The molecule has 0 spiro atoms. The molecule has 1 amide bonds. The summed E-state index contributed by atoms with van der Waals surface area (Å²) in [6.07, 6.45) is -2.57. The minimum atomic E-state index is -4.47. The van der Waals surface area contributed by atoms with Crippen molar-refractivity contribution in [3.63, 3.8) is 0 Å². The molecule has 2 fully saturated rings. The zero-order valence-corrected chi connectivity index (χ0v) is 25.8. The van der Waals surface area contributed by atoms with Crippen molar-refractivity contribution in [2.75, 3.05) is 43.6 Å². The molecule has 2 aromatic carbocycles. The zero-order valence-electron chi connectivity index (χ0n) is 25.0. The van der Waals surface area contributed by atoms with Gasteiger partial charge in [-0.15, -0.1) is 0 Å². The number of nitrogens with zero attached hydrogens (tertiary/aromatic N) is 3. The number of primary amides is 1. The van der Waals surface area contributed by atoms with Gasteiger partial charge in [-0.1, -0.05) is 19.1 Å². The van der Waals surface area contributed by atoms with Crippen LogP contribution < -0.4 is 15.4 Å². The average Bonchev–Trinajstić information content (AvgIpc) is 3.70. The van der Waals surface area contributed by atoms with Gasteiger partial charge in [0.1, 0.15) is 11.9 Å². The van der Waals surface area contributed by atoms with E-state index in [1.54, 1.807) is 19.1 Å². The summed E-state index contributed by atoms with van der Waals surface area (Å²) in [7, 11) is -3.46. The summed E-state index contributed by atoms with van der Waals surface area (Å²) in [6, 6.07) is 10.1. The third kappa shape index (κ3) is 7.60. The summed E-state index contributed by atoms with van der Waals surface area (Å²) in [4.78, 5) is 23.5. The van der Waals surface area contributed by atoms with Crippen LogP contribution in [0.2, 0.25) is 0 Å². The fraction of sp³-hybridized carbons (Fsp3) is 0.452. The fourth-order valence-corrected chi connectivity index (χ4v) is 6.46. The van der Waals surface area contributed by atoms with Gasteiger partial charge in [0.25, 0.3) is 5.91 Å². The maximum atomic E-state index is 13.1. The predicted octanol–water partition coefficient (Wildman–Crippen LogP) is 3.34. The Hall–Kier alpha value is -3.79. The van der Waals surface area contributed by atoms with Gasteiger partial charge in [-0.2, -0.15) is 13.2 Å². The lowest BCUT2D eigenvalue weighted by Crippen LogP contribution is -2.36. The van der Waals surface area contributed by atoms with Crippen LogP contribution in [0, 0.1) is 0 Å². The van der Waals surface area contributed by atoms with Crippen molar-refractivity contribution in [2.45, 2.75) is 55.0 Å². The van der Waals surface area contributed by atoms with Gasteiger partial charge in [0.05, 0.1) is 71.9 Å². The lowest BCUT2D eigenvalue weighted by Gasteiger charge is -2.26. The largest absolute Gasteiger partial charge is 0.489 e. The lowest BCUT2D eigenvalue weighted by molar-refractivity contribution is -0.137. The van der Waals surface area contributed by atoms with Gasteiger partial charge in [0.15, 0.2) is 9.84 Å². The highest BCUT2D eigenvalue weighted by atomic mass is 32.2. The van der Waals surface area contributed by atoms with E-state index in [0.717, 1.165) is 18.6 Å². The predicted molar refractivity (Wildman–Crippen MR) is 160 cm³/mol. The van der Waals surface area contributed by atoms with Crippen molar-refractivity contribution in [1.82, 2.24) is 9.97 Å². The molecule has 248 valence electrons. The van der Waals surface area contributed by atoms with Gasteiger partial charge in [-0.3, -0.25) is 4.79 Å². The monoisotopic (exact) mass is 664 g/mol. The van der Waals surface area contributed by atoms with Crippen LogP contribution in [-0.2, 0) is 25.5 Å². The Morgan fingerprint density at radius 3 is 2.46 bits per heavy atom. The van der Waals surface area contributed by atoms with Crippen LogP contribution in [-0.4, -0.2) is 86.4 Å². The Bertz CT molecular complexity index is 1620. The smallest absolute Gasteiger partial charge is 0.416 e. The van der Waals surface area contributed by atoms with Crippen LogP contribution in [0.25, 0.3) is 0 Å². The molecule has 3 N–H and O–H groups in total. The molecular formula is C31H35F3N4O7S. The molecule has 5 rings (SSSR count). The third-order valence-electron chi connectivity index (χ3n) is 8.13. The molecule has 15 heteroatoms. The Kier molecular flexibility index (Phi) is 10.2. The van der Waals surface area contributed by atoms with Crippen LogP contribution in [0.5, 0.6) is 5.75 Å². The highest BCUT2D eigenvalue weighted by molar-refractivity contribution is 7.91. The maximum absolute atomic E-state index is 13.1. The van der Waals surface area contributed by atoms with E-state index in [1.165, 1.54) is 30.5 Å². The topological polar surface area (TPSA) is 154 Å². The number of sulfone groups is 1. The van der Waals surface area contributed by atoms with Crippen LogP contribution in [0.15, 0.2) is 59.6 Å². The summed E-state index contributed by atoms with van der Waals surface area (Å²) >= 11 is 0. The maximum Gasteiger partial charge on any atom is 0.416 e. The van der Waals surface area contributed by atoms with Crippen LogP contribution >= 0.6 is 0 Å². The first kappa shape index (κ1) is 33.6. The molecule has 0 aliphatic carbocycles. The van der Waals surface area contributed by atoms with Gasteiger partial charge in [-0.25, -0.2) is 18.4 Å². The minimum Gasteiger partial charge on any atom is -0.489 e. The summed E-state index contributed by atoms with van der Waals surface area (Å²) in [5.74, 6) is -1.25. The molecule has 2 aliphatic rings. The molecular weight excluding hydrogens is 629 g/mol. The van der Waals surface area contributed by atoms with Gasteiger partial charge in [0.2, 0.25) is 5.95 Å². The number of nitrogens with two attached hydrogens (primary N) is 1. The molecule has 2 saturated heterocycles. The highest BCUT2D eigenvalue weighted by Crippen LogP contribution is 2.33. The van der Waals surface area contributed by atoms with E-state index in [-0.39, 0.29) is 58.9 Å². The number of alkyl halides is 3. The molecule has 3 aromatic rings. The van der Waals surface area contributed by atoms with E-state index < -0.39 is 46.1 Å². The molecule has 0 unspecified atom stereocenters. The minimum absolute atomic E-state index is 0.0132. The summed E-state index contributed by atoms with van der Waals surface area (Å²) < 4.78 is 81.4. The van der Waals surface area contributed by atoms with E-state index in [4.69, 9.17) is 24.9 Å². The first-order valence-corrected chi connectivity index (χ1v) is 16.4. The van der Waals surface area contributed by atoms with E-state index in [9.17, 15) is 31.5 Å². The van der Waals surface area contributed by atoms with Crippen molar-refractivity contribution in [3.8, 4) is 5.75 Å². The van der Waals surface area contributed by atoms with Crippen molar-refractivity contribution >= 4 is 21.7 Å². The molecule has 2 aliphatic heterocycles. The summed E-state index contributed by atoms with van der Waals surface area (Å²) in [5.41, 5.74) is 5.53. The van der Waals surface area contributed by atoms with E-state index in [2.05, 4.69) is 4.98 Å². The van der Waals surface area contributed by atoms with Gasteiger partial charge in [-0.05, 0) is 48.4 Å². The Morgan fingerprint density at radius 1 is 1.15 bits per heavy atom. The van der Waals surface area contributed by atoms with Crippen molar-refractivity contribution in [2.24, 2.45) is 5.73 Å². The number of anilines is 1. The van der Waals surface area contributed by atoms with Gasteiger partial charge in [0, 0.05) is 19.2 Å². The van der Waals surface area contributed by atoms with Crippen LogP contribution in [0.4, 0.5) is 19.1 Å². The molecule has 11 nitrogen and oxygen atoms in total. The second kappa shape index (κ2) is 13.9. The zero-order chi connectivity index (χ0) is 33.1. The van der Waals surface area contributed by atoms with Gasteiger partial charge < -0.3 is 30.0 Å². The Labute approximate surface area is 264 Å². The SMILES string of the molecule is CCS(=O)(=O)c1ccc([C@@H](CO)c2nc(N3C[C@H](Oc4ccc(C(F)(F)F)cc4)C[C@H]3CO[C@H]3CCOC3)ncc2C(N)=O)cc1. The number of carbonyl (C=O) groups is 1. The number of aliphatic hydroxyl groups excluding tert-OH is 1. The fourth-order valence-electron chi connectivity index (χ4n) is 5.57. The second-order valence-corrected chi connectivity index (χ2v) is 13.4. The molecule has 46 heavy (non-hydrogen) atoms. The van der Waals surface area contributed by atoms with Crippen molar-refractivity contribution < 1.29 is 45.7 Å². The quantitative estimate of drug-likeness (QED) is 0.295. The number of aromatic nitrogens is 2.